The van der Waals surface area contributed by atoms with Crippen LogP contribution in [0, 0.1) is 13.8 Å². The minimum Gasteiger partial charge on any atom is -0.465 e. The van der Waals surface area contributed by atoms with E-state index in [1.807, 2.05) is 6.92 Å². The molecule has 0 radical (unpaired) electrons. The molecule has 190 valence electrons. The van der Waals surface area contributed by atoms with Crippen LogP contribution in [0.1, 0.15) is 61.7 Å². The Morgan fingerprint density at radius 3 is 2.47 bits per heavy atom. The summed E-state index contributed by atoms with van der Waals surface area (Å²) in [6.07, 6.45) is 0.650. The van der Waals surface area contributed by atoms with Gasteiger partial charge in [0.15, 0.2) is 5.13 Å². The zero-order valence-corrected chi connectivity index (χ0v) is 21.0. The summed E-state index contributed by atoms with van der Waals surface area (Å²) in [5.74, 6) is -1.49. The molecule has 0 bridgehead atoms. The summed E-state index contributed by atoms with van der Waals surface area (Å²) in [4.78, 5) is 57.8. The number of benzene rings is 1. The third kappa shape index (κ3) is 6.72. The normalized spacial score (nSPS) is 10.6. The SMILES string of the molecule is CCCOC(=O)c1sc(NC(=O)CCNC(=O)c2cc(C(=O)OC)cc(-c3noc(C)n3)c2)nc1C. The summed E-state index contributed by atoms with van der Waals surface area (Å²) < 4.78 is 14.8. The molecule has 0 unspecified atom stereocenters. The Hall–Kier alpha value is -4.13. The molecule has 0 spiro atoms. The lowest BCUT2D eigenvalue weighted by Gasteiger charge is -2.08. The van der Waals surface area contributed by atoms with Crippen LogP contribution >= 0.6 is 11.3 Å². The first kappa shape index (κ1) is 26.5. The van der Waals surface area contributed by atoms with Crippen LogP contribution in [-0.4, -0.2) is 59.1 Å². The molecule has 13 heteroatoms. The quantitative estimate of drug-likeness (QED) is 0.384. The maximum Gasteiger partial charge on any atom is 0.350 e. The van der Waals surface area contributed by atoms with Gasteiger partial charge in [-0.15, -0.1) is 0 Å². The number of hydrogen-bond acceptors (Lipinski definition) is 11. The topological polar surface area (TPSA) is 163 Å². The first-order valence-electron chi connectivity index (χ1n) is 11.0. The number of thiazole rings is 1. The van der Waals surface area contributed by atoms with Crippen molar-refractivity contribution in [3.05, 3.63) is 45.8 Å². The molecule has 0 fully saturated rings. The van der Waals surface area contributed by atoms with Crippen molar-refractivity contribution in [1.29, 1.82) is 0 Å². The highest BCUT2D eigenvalue weighted by atomic mass is 32.1. The number of esters is 2. The van der Waals surface area contributed by atoms with Gasteiger partial charge in [0.1, 0.15) is 4.88 Å². The highest BCUT2D eigenvalue weighted by Gasteiger charge is 2.19. The second kappa shape index (κ2) is 12.0. The lowest BCUT2D eigenvalue weighted by Crippen LogP contribution is -2.28. The van der Waals surface area contributed by atoms with Gasteiger partial charge in [0.2, 0.25) is 17.6 Å². The largest absolute Gasteiger partial charge is 0.465 e. The van der Waals surface area contributed by atoms with Crippen molar-refractivity contribution in [2.24, 2.45) is 0 Å². The van der Waals surface area contributed by atoms with Gasteiger partial charge >= 0.3 is 11.9 Å². The molecule has 2 N–H and O–H groups in total. The Balaban J connectivity index is 1.61. The molecule has 1 aromatic carbocycles. The smallest absolute Gasteiger partial charge is 0.350 e. The number of ether oxygens (including phenoxy) is 2. The molecule has 0 aliphatic rings. The number of methoxy groups -OCH3 is 1. The molecule has 0 aliphatic heterocycles. The molecule has 3 aromatic rings. The fraction of sp³-hybridized carbons (Fsp3) is 0.348. The second-order valence-electron chi connectivity index (χ2n) is 7.55. The van der Waals surface area contributed by atoms with Crippen LogP contribution in [0.5, 0.6) is 0 Å². The van der Waals surface area contributed by atoms with Gasteiger partial charge < -0.3 is 24.6 Å². The number of nitrogens with one attached hydrogen (secondary N) is 2. The van der Waals surface area contributed by atoms with Gasteiger partial charge in [-0.3, -0.25) is 9.59 Å². The molecule has 2 amide bonds. The van der Waals surface area contributed by atoms with Crippen LogP contribution in [0.15, 0.2) is 22.7 Å². The van der Waals surface area contributed by atoms with E-state index in [-0.39, 0.29) is 35.0 Å². The molecule has 0 saturated carbocycles. The second-order valence-corrected chi connectivity index (χ2v) is 8.55. The zero-order chi connectivity index (χ0) is 26.2. The third-order valence-corrected chi connectivity index (χ3v) is 5.76. The van der Waals surface area contributed by atoms with E-state index in [2.05, 4.69) is 25.8 Å². The maximum absolute atomic E-state index is 12.7. The van der Waals surface area contributed by atoms with Crippen molar-refractivity contribution in [3.8, 4) is 11.4 Å². The highest BCUT2D eigenvalue weighted by Crippen LogP contribution is 2.24. The molecule has 0 saturated heterocycles. The molecule has 2 heterocycles. The Labute approximate surface area is 210 Å². The number of aryl methyl sites for hydroxylation is 2. The minimum absolute atomic E-state index is 0.0134. The monoisotopic (exact) mass is 515 g/mol. The van der Waals surface area contributed by atoms with E-state index in [0.717, 1.165) is 11.3 Å². The molecule has 0 aliphatic carbocycles. The summed E-state index contributed by atoms with van der Waals surface area (Å²) in [7, 11) is 1.23. The van der Waals surface area contributed by atoms with E-state index in [9.17, 15) is 19.2 Å². The average Bonchev–Trinajstić information content (AvgIpc) is 3.46. The van der Waals surface area contributed by atoms with E-state index in [1.165, 1.54) is 25.3 Å². The van der Waals surface area contributed by atoms with Crippen LogP contribution in [0.25, 0.3) is 11.4 Å². The molecular formula is C23H25N5O7S. The van der Waals surface area contributed by atoms with E-state index in [4.69, 9.17) is 14.0 Å². The van der Waals surface area contributed by atoms with Crippen LogP contribution in [0.4, 0.5) is 5.13 Å². The van der Waals surface area contributed by atoms with Gasteiger partial charge in [0.05, 0.1) is 25.0 Å². The first-order valence-corrected chi connectivity index (χ1v) is 11.8. The summed E-state index contributed by atoms with van der Waals surface area (Å²) in [6, 6.07) is 4.36. The van der Waals surface area contributed by atoms with Crippen LogP contribution in [-0.2, 0) is 14.3 Å². The number of carbonyl (C=O) groups is 4. The summed E-state index contributed by atoms with van der Waals surface area (Å²) in [5, 5.41) is 9.32. The van der Waals surface area contributed by atoms with Crippen LogP contribution < -0.4 is 10.6 Å². The summed E-state index contributed by atoms with van der Waals surface area (Å²) >= 11 is 1.02. The molecule has 0 atom stereocenters. The van der Waals surface area contributed by atoms with Crippen molar-refractivity contribution in [1.82, 2.24) is 20.4 Å². The average molecular weight is 516 g/mol. The predicted octanol–water partition coefficient (Wildman–Crippen LogP) is 2.92. The molecule has 2 aromatic heterocycles. The number of nitrogens with zero attached hydrogens (tertiary/aromatic N) is 3. The van der Waals surface area contributed by atoms with Crippen molar-refractivity contribution >= 4 is 40.2 Å². The fourth-order valence-corrected chi connectivity index (χ4v) is 3.89. The van der Waals surface area contributed by atoms with E-state index >= 15 is 0 Å². The standard InChI is InChI=1S/C23H25N5O7S/c1-5-8-34-22(32)18-12(2)25-23(36-18)27-17(29)6-7-24-20(30)15-9-14(19-26-13(3)35-28-19)10-16(11-15)21(31)33-4/h9-11H,5-8H2,1-4H3,(H,24,30)(H,25,27,29). The van der Waals surface area contributed by atoms with Crippen molar-refractivity contribution in [2.75, 3.05) is 25.6 Å². The van der Waals surface area contributed by atoms with Crippen LogP contribution in [0.3, 0.4) is 0 Å². The van der Waals surface area contributed by atoms with Crippen molar-refractivity contribution in [3.63, 3.8) is 0 Å². The van der Waals surface area contributed by atoms with Gasteiger partial charge in [0, 0.05) is 31.0 Å². The number of rotatable bonds is 10. The minimum atomic E-state index is -0.637. The van der Waals surface area contributed by atoms with Gasteiger partial charge in [-0.05, 0) is 31.5 Å². The summed E-state index contributed by atoms with van der Waals surface area (Å²) in [5.41, 5.74) is 1.14. The fourth-order valence-electron chi connectivity index (χ4n) is 3.01. The highest BCUT2D eigenvalue weighted by molar-refractivity contribution is 7.17. The van der Waals surface area contributed by atoms with Crippen molar-refractivity contribution in [2.45, 2.75) is 33.6 Å². The molecule has 36 heavy (non-hydrogen) atoms. The van der Waals surface area contributed by atoms with E-state index < -0.39 is 23.8 Å². The Morgan fingerprint density at radius 1 is 1.06 bits per heavy atom. The van der Waals surface area contributed by atoms with E-state index in [1.54, 1.807) is 13.8 Å². The maximum atomic E-state index is 12.7. The third-order valence-electron chi connectivity index (χ3n) is 4.71. The lowest BCUT2D eigenvalue weighted by molar-refractivity contribution is -0.116. The lowest BCUT2D eigenvalue weighted by atomic mass is 10.0. The van der Waals surface area contributed by atoms with Gasteiger partial charge in [-0.25, -0.2) is 14.6 Å². The van der Waals surface area contributed by atoms with Gasteiger partial charge in [0.25, 0.3) is 5.91 Å². The van der Waals surface area contributed by atoms with Gasteiger partial charge in [-0.2, -0.15) is 4.98 Å². The van der Waals surface area contributed by atoms with Gasteiger partial charge in [-0.1, -0.05) is 23.4 Å². The number of anilines is 1. The predicted molar refractivity (Wildman–Crippen MR) is 129 cm³/mol. The number of aromatic nitrogens is 3. The zero-order valence-electron chi connectivity index (χ0n) is 20.2. The molecular weight excluding hydrogens is 490 g/mol. The van der Waals surface area contributed by atoms with Crippen LogP contribution in [0.2, 0.25) is 0 Å². The Bertz CT molecular complexity index is 1280. The number of carbonyl (C=O) groups excluding carboxylic acids is 4. The number of hydrogen-bond donors (Lipinski definition) is 2. The number of amides is 2. The Morgan fingerprint density at radius 2 is 1.81 bits per heavy atom. The first-order chi connectivity index (χ1) is 17.2. The van der Waals surface area contributed by atoms with Crippen molar-refractivity contribution < 1.29 is 33.2 Å². The summed E-state index contributed by atoms with van der Waals surface area (Å²) in [6.45, 7) is 5.48. The molecule has 12 nitrogen and oxygen atoms in total. The molecule has 3 rings (SSSR count). The van der Waals surface area contributed by atoms with E-state index in [0.29, 0.717) is 35.1 Å². The Kier molecular flexibility index (Phi) is 8.84.